The van der Waals surface area contributed by atoms with Gasteiger partial charge in [0.1, 0.15) is 0 Å². The number of pyridine rings is 1. The van der Waals surface area contributed by atoms with Crippen molar-refractivity contribution in [1.29, 1.82) is 0 Å². The van der Waals surface area contributed by atoms with Gasteiger partial charge in [-0.3, -0.25) is 9.48 Å². The zero-order valence-electron chi connectivity index (χ0n) is 13.7. The first kappa shape index (κ1) is 15.2. The number of carbonyl (C=O) groups is 1. The largest absolute Gasteiger partial charge is 0.350 e. The standard InChI is InChI=1S/C16H19N5O2/c1-9-8-13(14-12(4)20-23-16(14)18-9)15(22)17-5-6-21-11(3)7-10(2)19-21/h7-8H,5-6H2,1-4H3,(H,17,22). The molecule has 0 unspecified atom stereocenters. The third-order valence-electron chi connectivity index (χ3n) is 3.70. The molecule has 0 aliphatic heterocycles. The van der Waals surface area contributed by atoms with E-state index < -0.39 is 0 Å². The van der Waals surface area contributed by atoms with Crippen LogP contribution in [0.25, 0.3) is 11.1 Å². The van der Waals surface area contributed by atoms with Crippen LogP contribution in [0.3, 0.4) is 0 Å². The van der Waals surface area contributed by atoms with Crippen LogP contribution in [-0.4, -0.2) is 32.4 Å². The Morgan fingerprint density at radius 1 is 1.22 bits per heavy atom. The van der Waals surface area contributed by atoms with E-state index in [9.17, 15) is 4.79 Å². The molecule has 1 N–H and O–H groups in total. The quantitative estimate of drug-likeness (QED) is 0.797. The Kier molecular flexibility index (Phi) is 3.85. The summed E-state index contributed by atoms with van der Waals surface area (Å²) >= 11 is 0. The molecule has 0 bridgehead atoms. The number of hydrogen-bond acceptors (Lipinski definition) is 5. The van der Waals surface area contributed by atoms with Crippen LogP contribution in [0.4, 0.5) is 0 Å². The molecule has 0 aliphatic rings. The number of fused-ring (bicyclic) bond motifs is 1. The second-order valence-electron chi connectivity index (χ2n) is 5.67. The fourth-order valence-corrected chi connectivity index (χ4v) is 2.67. The van der Waals surface area contributed by atoms with Crippen molar-refractivity contribution in [1.82, 2.24) is 25.2 Å². The summed E-state index contributed by atoms with van der Waals surface area (Å²) < 4.78 is 7.04. The molecule has 3 aromatic heterocycles. The summed E-state index contributed by atoms with van der Waals surface area (Å²) in [6.07, 6.45) is 0. The summed E-state index contributed by atoms with van der Waals surface area (Å²) in [5.74, 6) is -0.159. The predicted molar refractivity (Wildman–Crippen MR) is 85.3 cm³/mol. The first-order valence-electron chi connectivity index (χ1n) is 7.48. The van der Waals surface area contributed by atoms with Crippen LogP contribution in [0, 0.1) is 27.7 Å². The molecule has 120 valence electrons. The molecule has 0 aliphatic carbocycles. The molecule has 3 aromatic rings. The van der Waals surface area contributed by atoms with Gasteiger partial charge < -0.3 is 9.84 Å². The molecule has 23 heavy (non-hydrogen) atoms. The number of hydrogen-bond donors (Lipinski definition) is 1. The lowest BCUT2D eigenvalue weighted by molar-refractivity contribution is 0.0953. The van der Waals surface area contributed by atoms with E-state index in [1.54, 1.807) is 13.0 Å². The average Bonchev–Trinajstić information content (AvgIpc) is 3.01. The average molecular weight is 313 g/mol. The Hall–Kier alpha value is -2.70. The Bertz CT molecular complexity index is 878. The molecule has 0 atom stereocenters. The smallest absolute Gasteiger partial charge is 0.258 e. The van der Waals surface area contributed by atoms with E-state index in [0.29, 0.717) is 35.4 Å². The molecular weight excluding hydrogens is 294 g/mol. The van der Waals surface area contributed by atoms with E-state index in [-0.39, 0.29) is 5.91 Å². The van der Waals surface area contributed by atoms with Crippen molar-refractivity contribution in [2.24, 2.45) is 0 Å². The minimum absolute atomic E-state index is 0.159. The zero-order chi connectivity index (χ0) is 16.6. The summed E-state index contributed by atoms with van der Waals surface area (Å²) in [5, 5.41) is 11.9. The molecule has 0 saturated carbocycles. The molecule has 0 aromatic carbocycles. The number of amides is 1. The van der Waals surface area contributed by atoms with Crippen LogP contribution >= 0.6 is 0 Å². The lowest BCUT2D eigenvalue weighted by atomic mass is 10.1. The van der Waals surface area contributed by atoms with Gasteiger partial charge in [0.25, 0.3) is 11.6 Å². The monoisotopic (exact) mass is 313 g/mol. The third kappa shape index (κ3) is 2.94. The summed E-state index contributed by atoms with van der Waals surface area (Å²) in [4.78, 5) is 16.8. The van der Waals surface area contributed by atoms with E-state index in [1.807, 2.05) is 31.5 Å². The predicted octanol–water partition coefficient (Wildman–Crippen LogP) is 2.08. The highest BCUT2D eigenvalue weighted by atomic mass is 16.5. The van der Waals surface area contributed by atoms with Crippen molar-refractivity contribution in [2.45, 2.75) is 34.2 Å². The first-order valence-corrected chi connectivity index (χ1v) is 7.48. The number of carbonyl (C=O) groups excluding carboxylic acids is 1. The Labute approximate surface area is 133 Å². The van der Waals surface area contributed by atoms with E-state index in [4.69, 9.17) is 4.52 Å². The topological polar surface area (TPSA) is 85.8 Å². The molecule has 7 heteroatoms. The van der Waals surface area contributed by atoms with Gasteiger partial charge in [-0.25, -0.2) is 4.98 Å². The van der Waals surface area contributed by atoms with Gasteiger partial charge in [0.05, 0.1) is 28.9 Å². The molecule has 0 radical (unpaired) electrons. The number of aromatic nitrogens is 4. The molecule has 3 rings (SSSR count). The van der Waals surface area contributed by atoms with Crippen molar-refractivity contribution in [3.05, 3.63) is 40.5 Å². The zero-order valence-corrected chi connectivity index (χ0v) is 13.7. The Balaban J connectivity index is 1.76. The Morgan fingerprint density at radius 2 is 2.00 bits per heavy atom. The fourth-order valence-electron chi connectivity index (χ4n) is 2.67. The second-order valence-corrected chi connectivity index (χ2v) is 5.67. The SMILES string of the molecule is Cc1cc(C(=O)NCCn2nc(C)cc2C)c2c(C)noc2n1. The normalized spacial score (nSPS) is 11.1. The number of nitrogens with one attached hydrogen (secondary N) is 1. The van der Waals surface area contributed by atoms with E-state index in [1.165, 1.54) is 0 Å². The second kappa shape index (κ2) is 5.83. The van der Waals surface area contributed by atoms with Gasteiger partial charge in [-0.15, -0.1) is 0 Å². The van der Waals surface area contributed by atoms with E-state index in [2.05, 4.69) is 20.6 Å². The Morgan fingerprint density at radius 3 is 2.70 bits per heavy atom. The van der Waals surface area contributed by atoms with Gasteiger partial charge in [-0.1, -0.05) is 5.16 Å². The van der Waals surface area contributed by atoms with Crippen LogP contribution < -0.4 is 5.32 Å². The van der Waals surface area contributed by atoms with Gasteiger partial charge in [0.15, 0.2) is 0 Å². The van der Waals surface area contributed by atoms with Crippen molar-refractivity contribution in [2.75, 3.05) is 6.54 Å². The van der Waals surface area contributed by atoms with Crippen LogP contribution in [0.1, 0.15) is 33.1 Å². The molecule has 7 nitrogen and oxygen atoms in total. The minimum atomic E-state index is -0.159. The number of aryl methyl sites for hydroxylation is 4. The molecule has 1 amide bonds. The summed E-state index contributed by atoms with van der Waals surface area (Å²) in [7, 11) is 0. The van der Waals surface area contributed by atoms with Crippen molar-refractivity contribution in [3.8, 4) is 0 Å². The van der Waals surface area contributed by atoms with Crippen LogP contribution in [0.15, 0.2) is 16.7 Å². The highest BCUT2D eigenvalue weighted by Gasteiger charge is 2.17. The third-order valence-corrected chi connectivity index (χ3v) is 3.70. The summed E-state index contributed by atoms with van der Waals surface area (Å²) in [6.45, 7) is 8.69. The van der Waals surface area contributed by atoms with Gasteiger partial charge in [-0.05, 0) is 39.8 Å². The van der Waals surface area contributed by atoms with Gasteiger partial charge >= 0.3 is 0 Å². The maximum atomic E-state index is 12.5. The van der Waals surface area contributed by atoms with Crippen molar-refractivity contribution in [3.63, 3.8) is 0 Å². The highest BCUT2D eigenvalue weighted by Crippen LogP contribution is 2.21. The summed E-state index contributed by atoms with van der Waals surface area (Å²) in [6, 6.07) is 3.77. The first-order chi connectivity index (χ1) is 11.0. The molecule has 3 heterocycles. The molecule has 0 fully saturated rings. The van der Waals surface area contributed by atoms with Gasteiger partial charge in [0.2, 0.25) is 0 Å². The molecule has 0 spiro atoms. The van der Waals surface area contributed by atoms with Gasteiger partial charge in [-0.2, -0.15) is 5.10 Å². The maximum Gasteiger partial charge on any atom is 0.258 e. The van der Waals surface area contributed by atoms with Gasteiger partial charge in [0, 0.05) is 17.9 Å². The van der Waals surface area contributed by atoms with Crippen LogP contribution in [0.2, 0.25) is 0 Å². The number of rotatable bonds is 4. The van der Waals surface area contributed by atoms with Crippen molar-refractivity contribution >= 4 is 17.0 Å². The molecule has 0 saturated heterocycles. The lowest BCUT2D eigenvalue weighted by Gasteiger charge is -2.08. The lowest BCUT2D eigenvalue weighted by Crippen LogP contribution is -2.28. The van der Waals surface area contributed by atoms with Crippen LogP contribution in [-0.2, 0) is 6.54 Å². The summed E-state index contributed by atoms with van der Waals surface area (Å²) in [5.41, 5.74) is 4.37. The fraction of sp³-hybridized carbons (Fsp3) is 0.375. The van der Waals surface area contributed by atoms with Crippen molar-refractivity contribution < 1.29 is 9.32 Å². The molecular formula is C16H19N5O2. The number of nitrogens with zero attached hydrogens (tertiary/aromatic N) is 4. The highest BCUT2D eigenvalue weighted by molar-refractivity contribution is 6.05. The van der Waals surface area contributed by atoms with Crippen LogP contribution in [0.5, 0.6) is 0 Å². The van der Waals surface area contributed by atoms with E-state index >= 15 is 0 Å². The van der Waals surface area contributed by atoms with E-state index in [0.717, 1.165) is 17.1 Å². The minimum Gasteiger partial charge on any atom is -0.350 e. The maximum absolute atomic E-state index is 12.5.